The van der Waals surface area contributed by atoms with E-state index in [1.807, 2.05) is 38.2 Å². The standard InChI is InChI=1S/C18H17N5OS/c1-9-10(2)22-23-18-14(9)15(19)16(25-18)17(24)21-8-11-3-4-13-12(7-11)5-6-20-13/h3-7,20H,8,19H2,1-2H3,(H,21,24). The van der Waals surface area contributed by atoms with Gasteiger partial charge in [0.1, 0.15) is 9.71 Å². The van der Waals surface area contributed by atoms with Crippen LogP contribution in [0.2, 0.25) is 0 Å². The van der Waals surface area contributed by atoms with Crippen LogP contribution in [0.15, 0.2) is 30.5 Å². The molecule has 3 aromatic heterocycles. The number of hydrogen-bond donors (Lipinski definition) is 3. The molecule has 0 bridgehead atoms. The summed E-state index contributed by atoms with van der Waals surface area (Å²) in [6, 6.07) is 8.06. The number of anilines is 1. The summed E-state index contributed by atoms with van der Waals surface area (Å²) in [4.78, 5) is 16.9. The second kappa shape index (κ2) is 5.86. The van der Waals surface area contributed by atoms with E-state index in [0.717, 1.165) is 33.1 Å². The van der Waals surface area contributed by atoms with Crippen molar-refractivity contribution in [3.63, 3.8) is 0 Å². The molecular weight excluding hydrogens is 334 g/mol. The molecule has 0 aliphatic heterocycles. The van der Waals surface area contributed by atoms with Crippen molar-refractivity contribution >= 4 is 44.1 Å². The maximum atomic E-state index is 12.6. The number of nitrogens with two attached hydrogens (primary N) is 1. The molecule has 7 heteroatoms. The minimum atomic E-state index is -0.188. The van der Waals surface area contributed by atoms with E-state index in [0.29, 0.717) is 21.9 Å². The van der Waals surface area contributed by atoms with E-state index in [-0.39, 0.29) is 5.91 Å². The fraction of sp³-hybridized carbons (Fsp3) is 0.167. The molecule has 4 N–H and O–H groups in total. The molecule has 0 fully saturated rings. The van der Waals surface area contributed by atoms with Crippen LogP contribution < -0.4 is 11.1 Å². The summed E-state index contributed by atoms with van der Waals surface area (Å²) in [7, 11) is 0. The zero-order chi connectivity index (χ0) is 17.6. The van der Waals surface area contributed by atoms with E-state index in [1.54, 1.807) is 0 Å². The number of aromatic nitrogens is 3. The number of benzene rings is 1. The number of rotatable bonds is 3. The van der Waals surface area contributed by atoms with Crippen LogP contribution in [-0.4, -0.2) is 21.1 Å². The SMILES string of the molecule is Cc1nnc2sc(C(=O)NCc3ccc4[nH]ccc4c3)c(N)c2c1C. The van der Waals surface area contributed by atoms with Crippen molar-refractivity contribution in [1.82, 2.24) is 20.5 Å². The summed E-state index contributed by atoms with van der Waals surface area (Å²) >= 11 is 1.28. The van der Waals surface area contributed by atoms with Crippen molar-refractivity contribution in [2.75, 3.05) is 5.73 Å². The van der Waals surface area contributed by atoms with Crippen LogP contribution in [0.25, 0.3) is 21.1 Å². The lowest BCUT2D eigenvalue weighted by atomic mass is 10.1. The lowest BCUT2D eigenvalue weighted by molar-refractivity contribution is 0.0956. The predicted molar refractivity (Wildman–Crippen MR) is 101 cm³/mol. The zero-order valence-electron chi connectivity index (χ0n) is 13.9. The Balaban J connectivity index is 1.59. The number of nitrogens with zero attached hydrogens (tertiary/aromatic N) is 2. The van der Waals surface area contributed by atoms with E-state index in [2.05, 4.69) is 26.6 Å². The van der Waals surface area contributed by atoms with Crippen LogP contribution in [0.3, 0.4) is 0 Å². The molecule has 0 atom stereocenters. The molecule has 1 amide bonds. The number of H-pyrrole nitrogens is 1. The summed E-state index contributed by atoms with van der Waals surface area (Å²) in [6.07, 6.45) is 1.90. The van der Waals surface area contributed by atoms with Gasteiger partial charge in [-0.15, -0.1) is 16.4 Å². The molecule has 0 unspecified atom stereocenters. The Kier molecular flexibility index (Phi) is 3.65. The highest BCUT2D eigenvalue weighted by Gasteiger charge is 2.19. The summed E-state index contributed by atoms with van der Waals surface area (Å²) in [5.74, 6) is -0.188. The number of aryl methyl sites for hydroxylation is 2. The van der Waals surface area contributed by atoms with Gasteiger partial charge in [-0.25, -0.2) is 0 Å². The molecule has 25 heavy (non-hydrogen) atoms. The lowest BCUT2D eigenvalue weighted by Crippen LogP contribution is -2.22. The Hall–Kier alpha value is -2.93. The van der Waals surface area contributed by atoms with Crippen LogP contribution >= 0.6 is 11.3 Å². The first-order valence-electron chi connectivity index (χ1n) is 7.90. The van der Waals surface area contributed by atoms with Crippen LogP contribution in [0.4, 0.5) is 5.69 Å². The number of hydrogen-bond acceptors (Lipinski definition) is 5. The molecule has 0 saturated carbocycles. The zero-order valence-corrected chi connectivity index (χ0v) is 14.7. The largest absolute Gasteiger partial charge is 0.397 e. The van der Waals surface area contributed by atoms with Gasteiger partial charge < -0.3 is 16.0 Å². The molecule has 4 rings (SSSR count). The number of fused-ring (bicyclic) bond motifs is 2. The highest BCUT2D eigenvalue weighted by Crippen LogP contribution is 2.34. The molecule has 0 aliphatic rings. The van der Waals surface area contributed by atoms with Crippen molar-refractivity contribution in [3.8, 4) is 0 Å². The molecule has 4 aromatic rings. The Labute approximate surface area is 148 Å². The van der Waals surface area contributed by atoms with Gasteiger partial charge in [-0.2, -0.15) is 5.10 Å². The Morgan fingerprint density at radius 2 is 2.12 bits per heavy atom. The molecular formula is C18H17N5OS. The fourth-order valence-electron chi connectivity index (χ4n) is 2.88. The van der Waals surface area contributed by atoms with Crippen molar-refractivity contribution < 1.29 is 4.79 Å². The number of amides is 1. The van der Waals surface area contributed by atoms with Crippen LogP contribution in [0.1, 0.15) is 26.5 Å². The minimum Gasteiger partial charge on any atom is -0.397 e. The monoisotopic (exact) mass is 351 g/mol. The highest BCUT2D eigenvalue weighted by atomic mass is 32.1. The third kappa shape index (κ3) is 2.62. The van der Waals surface area contributed by atoms with Gasteiger partial charge in [0.2, 0.25) is 0 Å². The van der Waals surface area contributed by atoms with Gasteiger partial charge in [0, 0.05) is 23.6 Å². The fourth-order valence-corrected chi connectivity index (χ4v) is 3.90. The molecule has 3 heterocycles. The molecule has 0 aliphatic carbocycles. The predicted octanol–water partition coefficient (Wildman–Crippen LogP) is 3.30. The molecule has 1 aromatic carbocycles. The maximum absolute atomic E-state index is 12.6. The first-order valence-corrected chi connectivity index (χ1v) is 8.72. The Morgan fingerprint density at radius 3 is 2.96 bits per heavy atom. The van der Waals surface area contributed by atoms with Crippen molar-refractivity contribution in [2.45, 2.75) is 20.4 Å². The number of aromatic amines is 1. The van der Waals surface area contributed by atoms with E-state index in [9.17, 15) is 4.79 Å². The van der Waals surface area contributed by atoms with Gasteiger partial charge in [0.25, 0.3) is 5.91 Å². The van der Waals surface area contributed by atoms with Crippen LogP contribution in [0.5, 0.6) is 0 Å². The average Bonchev–Trinajstić information content (AvgIpc) is 3.20. The van der Waals surface area contributed by atoms with E-state index in [1.165, 1.54) is 11.3 Å². The van der Waals surface area contributed by atoms with Crippen LogP contribution in [-0.2, 0) is 6.54 Å². The van der Waals surface area contributed by atoms with E-state index in [4.69, 9.17) is 5.73 Å². The topological polar surface area (TPSA) is 96.7 Å². The van der Waals surface area contributed by atoms with E-state index >= 15 is 0 Å². The normalized spacial score (nSPS) is 11.3. The average molecular weight is 351 g/mol. The van der Waals surface area contributed by atoms with Gasteiger partial charge in [0.15, 0.2) is 0 Å². The van der Waals surface area contributed by atoms with Crippen molar-refractivity contribution in [1.29, 1.82) is 0 Å². The summed E-state index contributed by atoms with van der Waals surface area (Å²) in [5.41, 5.74) is 10.6. The Bertz CT molecular complexity index is 1110. The molecule has 0 radical (unpaired) electrons. The number of thiophene rings is 1. The summed E-state index contributed by atoms with van der Waals surface area (Å²) in [6.45, 7) is 4.27. The first kappa shape index (κ1) is 15.6. The smallest absolute Gasteiger partial charge is 0.263 e. The molecule has 6 nitrogen and oxygen atoms in total. The molecule has 0 saturated heterocycles. The minimum absolute atomic E-state index is 0.188. The molecule has 0 spiro atoms. The van der Waals surface area contributed by atoms with Gasteiger partial charge in [-0.05, 0) is 48.6 Å². The van der Waals surface area contributed by atoms with E-state index < -0.39 is 0 Å². The summed E-state index contributed by atoms with van der Waals surface area (Å²) < 4.78 is 0. The number of nitrogens with one attached hydrogen (secondary N) is 2. The Morgan fingerprint density at radius 1 is 1.28 bits per heavy atom. The number of nitrogen functional groups attached to an aromatic ring is 1. The van der Waals surface area contributed by atoms with Gasteiger partial charge in [0.05, 0.1) is 11.4 Å². The molecule has 126 valence electrons. The lowest BCUT2D eigenvalue weighted by Gasteiger charge is -2.05. The second-order valence-corrected chi connectivity index (χ2v) is 7.02. The third-order valence-electron chi connectivity index (χ3n) is 4.41. The van der Waals surface area contributed by atoms with Gasteiger partial charge in [-0.1, -0.05) is 6.07 Å². The van der Waals surface area contributed by atoms with Crippen molar-refractivity contribution in [3.05, 3.63) is 52.2 Å². The third-order valence-corrected chi connectivity index (χ3v) is 5.50. The number of carbonyl (C=O) groups is 1. The second-order valence-electron chi connectivity index (χ2n) is 6.02. The van der Waals surface area contributed by atoms with Gasteiger partial charge in [-0.3, -0.25) is 4.79 Å². The van der Waals surface area contributed by atoms with Crippen LogP contribution in [0, 0.1) is 13.8 Å². The first-order chi connectivity index (χ1) is 12.0. The quantitative estimate of drug-likeness (QED) is 0.527. The summed E-state index contributed by atoms with van der Waals surface area (Å²) in [5, 5.41) is 13.2. The van der Waals surface area contributed by atoms with Crippen molar-refractivity contribution in [2.24, 2.45) is 0 Å². The van der Waals surface area contributed by atoms with Gasteiger partial charge >= 0.3 is 0 Å². The maximum Gasteiger partial charge on any atom is 0.263 e. The number of carbonyl (C=O) groups excluding carboxylic acids is 1. The highest BCUT2D eigenvalue weighted by molar-refractivity contribution is 7.21.